The molecule has 0 saturated heterocycles. The Labute approximate surface area is 139 Å². The molecule has 2 aromatic rings. The van der Waals surface area contributed by atoms with Gasteiger partial charge in [0.15, 0.2) is 0 Å². The molecule has 0 spiro atoms. The third-order valence-corrected chi connectivity index (χ3v) is 3.43. The molecule has 0 bridgehead atoms. The van der Waals surface area contributed by atoms with Gasteiger partial charge in [-0.2, -0.15) is 0 Å². The Bertz CT molecular complexity index is 746. The van der Waals surface area contributed by atoms with Gasteiger partial charge in [0, 0.05) is 13.2 Å². The van der Waals surface area contributed by atoms with E-state index in [2.05, 4.69) is 5.32 Å². The number of nitrogens with zero attached hydrogens (tertiary/aromatic N) is 1. The third-order valence-electron chi connectivity index (χ3n) is 3.43. The summed E-state index contributed by atoms with van der Waals surface area (Å²) in [5.41, 5.74) is 1.09. The fourth-order valence-electron chi connectivity index (χ4n) is 2.16. The number of benzene rings is 2. The molecular formula is C17H18N2O5. The molecule has 2 aromatic carbocycles. The van der Waals surface area contributed by atoms with E-state index in [1.807, 2.05) is 0 Å². The minimum atomic E-state index is -0.479. The highest BCUT2D eigenvalue weighted by molar-refractivity contribution is 6.06. The molecule has 0 atom stereocenters. The number of carbonyl (C=O) groups is 1. The molecule has 0 aliphatic rings. The van der Waals surface area contributed by atoms with Gasteiger partial charge in [-0.15, -0.1) is 0 Å². The Morgan fingerprint density at radius 2 is 1.92 bits per heavy atom. The summed E-state index contributed by atoms with van der Waals surface area (Å²) in [6, 6.07) is 11.3. The van der Waals surface area contributed by atoms with Crippen LogP contribution in [0.25, 0.3) is 0 Å². The first-order chi connectivity index (χ1) is 11.5. The van der Waals surface area contributed by atoms with Crippen LogP contribution in [-0.2, 0) is 4.74 Å². The van der Waals surface area contributed by atoms with Crippen LogP contribution in [0.3, 0.4) is 0 Å². The summed E-state index contributed by atoms with van der Waals surface area (Å²) in [7, 11) is 1.56. The summed E-state index contributed by atoms with van der Waals surface area (Å²) in [6.07, 6.45) is 0. The van der Waals surface area contributed by atoms with Crippen LogP contribution in [-0.4, -0.2) is 31.2 Å². The number of hydrogen-bond donors (Lipinski definition) is 1. The van der Waals surface area contributed by atoms with Crippen molar-refractivity contribution in [3.05, 3.63) is 63.7 Å². The van der Waals surface area contributed by atoms with Gasteiger partial charge in [-0.3, -0.25) is 14.9 Å². The van der Waals surface area contributed by atoms with Crippen LogP contribution < -0.4 is 10.1 Å². The zero-order valence-electron chi connectivity index (χ0n) is 13.4. The van der Waals surface area contributed by atoms with Crippen LogP contribution in [0, 0.1) is 17.0 Å². The first kappa shape index (κ1) is 17.4. The van der Waals surface area contributed by atoms with Crippen molar-refractivity contribution in [2.45, 2.75) is 6.92 Å². The maximum absolute atomic E-state index is 12.5. The van der Waals surface area contributed by atoms with Crippen LogP contribution in [0.15, 0.2) is 42.5 Å². The number of rotatable bonds is 7. The number of amides is 1. The second-order valence-electron chi connectivity index (χ2n) is 5.00. The molecule has 0 aliphatic heterocycles. The molecule has 0 heterocycles. The van der Waals surface area contributed by atoms with Crippen molar-refractivity contribution in [1.29, 1.82) is 0 Å². The standard InChI is InChI=1S/C17H18N2O5/c1-12-14(7-5-8-15(12)19(21)22)18-17(20)13-6-3-4-9-16(13)24-11-10-23-2/h3-9H,10-11H2,1-2H3,(H,18,20). The van der Waals surface area contributed by atoms with Crippen LogP contribution in [0.5, 0.6) is 5.75 Å². The number of nitro benzene ring substituents is 1. The molecule has 1 N–H and O–H groups in total. The van der Waals surface area contributed by atoms with E-state index in [0.29, 0.717) is 35.8 Å². The van der Waals surface area contributed by atoms with Gasteiger partial charge in [-0.05, 0) is 25.1 Å². The second kappa shape index (κ2) is 8.07. The van der Waals surface area contributed by atoms with E-state index < -0.39 is 10.8 Å². The molecule has 0 unspecified atom stereocenters. The van der Waals surface area contributed by atoms with Crippen molar-refractivity contribution in [2.24, 2.45) is 0 Å². The van der Waals surface area contributed by atoms with Gasteiger partial charge in [0.1, 0.15) is 12.4 Å². The molecule has 7 nitrogen and oxygen atoms in total. The average Bonchev–Trinajstić information content (AvgIpc) is 2.57. The number of ether oxygens (including phenoxy) is 2. The van der Waals surface area contributed by atoms with Gasteiger partial charge >= 0.3 is 0 Å². The van der Waals surface area contributed by atoms with Gasteiger partial charge in [0.25, 0.3) is 11.6 Å². The molecular weight excluding hydrogens is 312 g/mol. The number of nitro groups is 1. The Balaban J connectivity index is 2.22. The average molecular weight is 330 g/mol. The summed E-state index contributed by atoms with van der Waals surface area (Å²) in [5, 5.41) is 13.7. The highest BCUT2D eigenvalue weighted by Crippen LogP contribution is 2.26. The Hall–Kier alpha value is -2.93. The highest BCUT2D eigenvalue weighted by atomic mass is 16.6. The number of hydrogen-bond acceptors (Lipinski definition) is 5. The van der Waals surface area contributed by atoms with Crippen LogP contribution in [0.1, 0.15) is 15.9 Å². The fourth-order valence-corrected chi connectivity index (χ4v) is 2.16. The van der Waals surface area contributed by atoms with Crippen molar-refractivity contribution < 1.29 is 19.2 Å². The molecule has 0 aliphatic carbocycles. The molecule has 7 heteroatoms. The summed E-state index contributed by atoms with van der Waals surface area (Å²) < 4.78 is 10.5. The first-order valence-corrected chi connectivity index (χ1v) is 7.30. The SMILES string of the molecule is COCCOc1ccccc1C(=O)Nc1cccc([N+](=O)[O-])c1C. The molecule has 0 radical (unpaired) electrons. The van der Waals surface area contributed by atoms with E-state index in [4.69, 9.17) is 9.47 Å². The van der Waals surface area contributed by atoms with Gasteiger partial charge in [-0.25, -0.2) is 0 Å². The lowest BCUT2D eigenvalue weighted by Crippen LogP contribution is -2.15. The van der Waals surface area contributed by atoms with Gasteiger partial charge in [0.2, 0.25) is 0 Å². The molecule has 0 aromatic heterocycles. The summed E-state index contributed by atoms with van der Waals surface area (Å²) in [4.78, 5) is 23.0. The zero-order chi connectivity index (χ0) is 17.5. The topological polar surface area (TPSA) is 90.7 Å². The number of nitrogens with one attached hydrogen (secondary N) is 1. The van der Waals surface area contributed by atoms with E-state index in [0.717, 1.165) is 0 Å². The molecule has 1 amide bonds. The minimum absolute atomic E-state index is 0.0440. The van der Waals surface area contributed by atoms with Crippen LogP contribution >= 0.6 is 0 Å². The normalized spacial score (nSPS) is 10.2. The summed E-state index contributed by atoms with van der Waals surface area (Å²) >= 11 is 0. The van der Waals surface area contributed by atoms with Gasteiger partial charge in [0.05, 0.1) is 28.3 Å². The summed E-state index contributed by atoms with van der Waals surface area (Å²) in [5.74, 6) is 0.0294. The Morgan fingerprint density at radius 3 is 2.62 bits per heavy atom. The van der Waals surface area contributed by atoms with Crippen molar-refractivity contribution in [1.82, 2.24) is 0 Å². The predicted molar refractivity (Wildman–Crippen MR) is 89.6 cm³/mol. The van der Waals surface area contributed by atoms with E-state index in [1.54, 1.807) is 44.4 Å². The number of anilines is 1. The smallest absolute Gasteiger partial charge is 0.274 e. The van der Waals surface area contributed by atoms with Crippen LogP contribution in [0.2, 0.25) is 0 Å². The van der Waals surface area contributed by atoms with Crippen LogP contribution in [0.4, 0.5) is 11.4 Å². The quantitative estimate of drug-likeness (QED) is 0.478. The molecule has 24 heavy (non-hydrogen) atoms. The molecule has 0 saturated carbocycles. The number of methoxy groups -OCH3 is 1. The Kier molecular flexibility index (Phi) is 5.86. The molecule has 126 valence electrons. The third kappa shape index (κ3) is 4.08. The zero-order valence-corrected chi connectivity index (χ0v) is 13.4. The summed E-state index contributed by atoms with van der Waals surface area (Å²) in [6.45, 7) is 2.31. The maximum Gasteiger partial charge on any atom is 0.274 e. The lowest BCUT2D eigenvalue weighted by atomic mass is 10.1. The van der Waals surface area contributed by atoms with Crippen molar-refractivity contribution in [3.63, 3.8) is 0 Å². The first-order valence-electron chi connectivity index (χ1n) is 7.30. The maximum atomic E-state index is 12.5. The highest BCUT2D eigenvalue weighted by Gasteiger charge is 2.17. The van der Waals surface area contributed by atoms with E-state index in [1.165, 1.54) is 12.1 Å². The predicted octanol–water partition coefficient (Wildman–Crippen LogP) is 3.18. The van der Waals surface area contributed by atoms with Gasteiger partial charge in [-0.1, -0.05) is 18.2 Å². The van der Waals surface area contributed by atoms with E-state index in [9.17, 15) is 14.9 Å². The van der Waals surface area contributed by atoms with E-state index in [-0.39, 0.29) is 5.69 Å². The lowest BCUT2D eigenvalue weighted by Gasteiger charge is -2.12. The minimum Gasteiger partial charge on any atom is -0.490 e. The number of para-hydroxylation sites is 1. The molecule has 0 fully saturated rings. The monoisotopic (exact) mass is 330 g/mol. The van der Waals surface area contributed by atoms with Gasteiger partial charge < -0.3 is 14.8 Å². The van der Waals surface area contributed by atoms with Crippen molar-refractivity contribution in [2.75, 3.05) is 25.6 Å². The van der Waals surface area contributed by atoms with Crippen molar-refractivity contribution in [3.8, 4) is 5.75 Å². The largest absolute Gasteiger partial charge is 0.490 e. The lowest BCUT2D eigenvalue weighted by molar-refractivity contribution is -0.385. The van der Waals surface area contributed by atoms with E-state index >= 15 is 0 Å². The van der Waals surface area contributed by atoms with Crippen molar-refractivity contribution >= 4 is 17.3 Å². The molecule has 2 rings (SSSR count). The number of carbonyl (C=O) groups excluding carboxylic acids is 1. The second-order valence-corrected chi connectivity index (χ2v) is 5.00. The fraction of sp³-hybridized carbons (Fsp3) is 0.235. The Morgan fingerprint density at radius 1 is 1.17 bits per heavy atom.